The summed E-state index contributed by atoms with van der Waals surface area (Å²) in [5.41, 5.74) is 1.68. The van der Waals surface area contributed by atoms with Crippen LogP contribution in [0.1, 0.15) is 19.0 Å². The largest absolute Gasteiger partial charge is 0.444 e. The predicted molar refractivity (Wildman–Crippen MR) is 114 cm³/mol. The molecule has 0 radical (unpaired) electrons. The summed E-state index contributed by atoms with van der Waals surface area (Å²) in [7, 11) is -1.30. The van der Waals surface area contributed by atoms with E-state index in [9.17, 15) is 8.42 Å². The molecule has 7 nitrogen and oxygen atoms in total. The standard InChI is InChI=1S/C17H24N4O3S.HI/c1-13(9-10-25(3,22)23)20-17(18-2)19-11-15-12-24-16(21-15)14-7-5-4-6-8-14;/h4-8,12-13H,9-11H2,1-3H3,(H2,18,19,20);1H. The van der Waals surface area contributed by atoms with E-state index < -0.39 is 9.84 Å². The molecule has 26 heavy (non-hydrogen) atoms. The van der Waals surface area contributed by atoms with Gasteiger partial charge in [-0.05, 0) is 25.5 Å². The number of aromatic nitrogens is 1. The van der Waals surface area contributed by atoms with E-state index in [0.717, 1.165) is 11.3 Å². The average molecular weight is 492 g/mol. The molecule has 1 unspecified atom stereocenters. The minimum atomic E-state index is -2.96. The molecular weight excluding hydrogens is 467 g/mol. The smallest absolute Gasteiger partial charge is 0.226 e. The van der Waals surface area contributed by atoms with Crippen LogP contribution < -0.4 is 10.6 Å². The summed E-state index contributed by atoms with van der Waals surface area (Å²) in [5.74, 6) is 1.30. The summed E-state index contributed by atoms with van der Waals surface area (Å²) in [6, 6.07) is 9.66. The minimum absolute atomic E-state index is 0. The Morgan fingerprint density at radius 1 is 1.31 bits per heavy atom. The van der Waals surface area contributed by atoms with Crippen LogP contribution in [0.25, 0.3) is 11.5 Å². The molecule has 2 aromatic rings. The van der Waals surface area contributed by atoms with Crippen LogP contribution >= 0.6 is 24.0 Å². The Balaban J connectivity index is 0.00000338. The van der Waals surface area contributed by atoms with Crippen LogP contribution in [0.5, 0.6) is 0 Å². The van der Waals surface area contributed by atoms with Crippen molar-refractivity contribution in [2.45, 2.75) is 25.9 Å². The molecule has 9 heteroatoms. The number of hydrogen-bond donors (Lipinski definition) is 2. The lowest BCUT2D eigenvalue weighted by Gasteiger charge is -2.17. The SMILES string of the molecule is CN=C(NCc1coc(-c2ccccc2)n1)NC(C)CCS(C)(=O)=O.I. The van der Waals surface area contributed by atoms with E-state index in [1.54, 1.807) is 13.3 Å². The summed E-state index contributed by atoms with van der Waals surface area (Å²) in [6.07, 6.45) is 3.36. The van der Waals surface area contributed by atoms with E-state index in [-0.39, 0.29) is 35.8 Å². The second kappa shape index (κ2) is 10.5. The number of benzene rings is 1. The molecule has 0 aliphatic carbocycles. The lowest BCUT2D eigenvalue weighted by atomic mass is 10.2. The van der Waals surface area contributed by atoms with Gasteiger partial charge >= 0.3 is 0 Å². The highest BCUT2D eigenvalue weighted by Gasteiger charge is 2.11. The Labute approximate surface area is 171 Å². The fourth-order valence-electron chi connectivity index (χ4n) is 2.17. The zero-order chi connectivity index (χ0) is 18.3. The number of nitrogens with one attached hydrogen (secondary N) is 2. The molecule has 2 rings (SSSR count). The summed E-state index contributed by atoms with van der Waals surface area (Å²) >= 11 is 0. The molecule has 0 fully saturated rings. The number of aliphatic imine (C=N–C) groups is 1. The highest BCUT2D eigenvalue weighted by atomic mass is 127. The molecule has 1 atom stereocenters. The number of nitrogens with zero attached hydrogens (tertiary/aromatic N) is 2. The molecule has 0 aliphatic heterocycles. The fourth-order valence-corrected chi connectivity index (χ4v) is 2.95. The summed E-state index contributed by atoms with van der Waals surface area (Å²) in [6.45, 7) is 2.37. The fraction of sp³-hybridized carbons (Fsp3) is 0.412. The molecular formula is C17H25IN4O3S. The lowest BCUT2D eigenvalue weighted by molar-refractivity contribution is 0.571. The van der Waals surface area contributed by atoms with Gasteiger partial charge in [-0.1, -0.05) is 18.2 Å². The first-order chi connectivity index (χ1) is 11.9. The van der Waals surface area contributed by atoms with Crippen molar-refractivity contribution in [2.24, 2.45) is 4.99 Å². The van der Waals surface area contributed by atoms with E-state index in [1.807, 2.05) is 37.3 Å². The summed E-state index contributed by atoms with van der Waals surface area (Å²) in [5, 5.41) is 6.31. The summed E-state index contributed by atoms with van der Waals surface area (Å²) in [4.78, 5) is 8.58. The molecule has 1 heterocycles. The van der Waals surface area contributed by atoms with Crippen molar-refractivity contribution in [3.63, 3.8) is 0 Å². The zero-order valence-corrected chi connectivity index (χ0v) is 18.2. The third-order valence-electron chi connectivity index (χ3n) is 3.54. The maximum absolute atomic E-state index is 11.2. The normalized spacial score (nSPS) is 13.0. The van der Waals surface area contributed by atoms with Crippen LogP contribution in [0.4, 0.5) is 0 Å². The molecule has 2 N–H and O–H groups in total. The molecule has 1 aromatic heterocycles. The van der Waals surface area contributed by atoms with Gasteiger partial charge in [0.2, 0.25) is 5.89 Å². The Morgan fingerprint density at radius 3 is 2.62 bits per heavy atom. The molecule has 0 bridgehead atoms. The maximum atomic E-state index is 11.2. The molecule has 0 aliphatic rings. The minimum Gasteiger partial charge on any atom is -0.444 e. The van der Waals surface area contributed by atoms with Crippen molar-refractivity contribution in [3.05, 3.63) is 42.3 Å². The molecule has 1 aromatic carbocycles. The van der Waals surface area contributed by atoms with Crippen LogP contribution in [0, 0.1) is 0 Å². The lowest BCUT2D eigenvalue weighted by Crippen LogP contribution is -2.42. The third kappa shape index (κ3) is 7.73. The van der Waals surface area contributed by atoms with Crippen molar-refractivity contribution in [3.8, 4) is 11.5 Å². The predicted octanol–water partition coefficient (Wildman–Crippen LogP) is 2.45. The summed E-state index contributed by atoms with van der Waals surface area (Å²) < 4.78 is 28.0. The van der Waals surface area contributed by atoms with Gasteiger partial charge in [0.25, 0.3) is 0 Å². The van der Waals surface area contributed by atoms with Gasteiger partial charge < -0.3 is 15.1 Å². The first kappa shape index (κ1) is 22.4. The van der Waals surface area contributed by atoms with Crippen LogP contribution in [-0.4, -0.2) is 44.5 Å². The molecule has 0 saturated carbocycles. The van der Waals surface area contributed by atoms with Gasteiger partial charge in [-0.3, -0.25) is 4.99 Å². The Bertz CT molecular complexity index is 806. The topological polar surface area (TPSA) is 96.6 Å². The van der Waals surface area contributed by atoms with E-state index in [4.69, 9.17) is 4.42 Å². The van der Waals surface area contributed by atoms with Crippen LogP contribution in [-0.2, 0) is 16.4 Å². The zero-order valence-electron chi connectivity index (χ0n) is 15.1. The Morgan fingerprint density at radius 2 is 2.00 bits per heavy atom. The highest BCUT2D eigenvalue weighted by Crippen LogP contribution is 2.17. The van der Waals surface area contributed by atoms with Gasteiger partial charge in [0.15, 0.2) is 5.96 Å². The van der Waals surface area contributed by atoms with Crippen LogP contribution in [0.2, 0.25) is 0 Å². The number of hydrogen-bond acceptors (Lipinski definition) is 5. The van der Waals surface area contributed by atoms with Crippen LogP contribution in [0.3, 0.4) is 0 Å². The monoisotopic (exact) mass is 492 g/mol. The van der Waals surface area contributed by atoms with Gasteiger partial charge in [0.05, 0.1) is 18.0 Å². The van der Waals surface area contributed by atoms with Gasteiger partial charge in [-0.15, -0.1) is 24.0 Å². The number of rotatable bonds is 7. The molecule has 144 valence electrons. The second-order valence-corrected chi connectivity index (χ2v) is 8.16. The first-order valence-electron chi connectivity index (χ1n) is 8.02. The van der Waals surface area contributed by atoms with Gasteiger partial charge in [0, 0.05) is 24.9 Å². The molecule has 0 amide bonds. The van der Waals surface area contributed by atoms with Gasteiger partial charge in [-0.2, -0.15) is 0 Å². The number of halogens is 1. The molecule has 0 saturated heterocycles. The van der Waals surface area contributed by atoms with E-state index in [1.165, 1.54) is 6.26 Å². The van der Waals surface area contributed by atoms with Crippen molar-refractivity contribution in [1.82, 2.24) is 15.6 Å². The van der Waals surface area contributed by atoms with E-state index in [2.05, 4.69) is 20.6 Å². The Kier molecular flexibility index (Phi) is 9.06. The van der Waals surface area contributed by atoms with Crippen LogP contribution in [0.15, 0.2) is 46.0 Å². The van der Waals surface area contributed by atoms with Crippen molar-refractivity contribution in [2.75, 3.05) is 19.1 Å². The van der Waals surface area contributed by atoms with Gasteiger partial charge in [-0.25, -0.2) is 13.4 Å². The third-order valence-corrected chi connectivity index (χ3v) is 4.52. The first-order valence-corrected chi connectivity index (χ1v) is 10.1. The van der Waals surface area contributed by atoms with E-state index in [0.29, 0.717) is 24.8 Å². The average Bonchev–Trinajstić information content (AvgIpc) is 3.06. The second-order valence-electron chi connectivity index (χ2n) is 5.90. The maximum Gasteiger partial charge on any atom is 0.226 e. The number of oxazole rings is 1. The van der Waals surface area contributed by atoms with E-state index >= 15 is 0 Å². The van der Waals surface area contributed by atoms with Crippen molar-refractivity contribution >= 4 is 39.8 Å². The quantitative estimate of drug-likeness (QED) is 0.350. The van der Waals surface area contributed by atoms with Crippen molar-refractivity contribution in [1.29, 1.82) is 0 Å². The van der Waals surface area contributed by atoms with Gasteiger partial charge in [0.1, 0.15) is 16.1 Å². The number of guanidine groups is 1. The Hall–Kier alpha value is -1.62. The number of sulfone groups is 1. The molecule has 0 spiro atoms. The van der Waals surface area contributed by atoms with Crippen molar-refractivity contribution < 1.29 is 12.8 Å². The highest BCUT2D eigenvalue weighted by molar-refractivity contribution is 14.0.